The van der Waals surface area contributed by atoms with E-state index in [1.165, 1.54) is 74.5 Å². The van der Waals surface area contributed by atoms with E-state index in [1.807, 2.05) is 0 Å². The van der Waals surface area contributed by atoms with Crippen molar-refractivity contribution in [1.29, 1.82) is 0 Å². The molecule has 2 aromatic rings. The van der Waals surface area contributed by atoms with Gasteiger partial charge in [-0.05, 0) is 91.5 Å². The van der Waals surface area contributed by atoms with E-state index < -0.39 is 12.1 Å². The Bertz CT molecular complexity index is 967. The summed E-state index contributed by atoms with van der Waals surface area (Å²) in [5.41, 5.74) is 3.95. The van der Waals surface area contributed by atoms with Crippen molar-refractivity contribution < 1.29 is 19.0 Å². The molecular formula is C36H53FO3. The number of rotatable bonds is 19. The Balaban J connectivity index is 1.50. The van der Waals surface area contributed by atoms with Crippen LogP contribution in [0, 0.1) is 17.8 Å². The average Bonchev–Trinajstić information content (AvgIpc) is 2.98. The van der Waals surface area contributed by atoms with Crippen LogP contribution < -0.4 is 4.74 Å². The molecule has 4 heteroatoms. The van der Waals surface area contributed by atoms with Gasteiger partial charge in [0.05, 0.1) is 6.61 Å². The Labute approximate surface area is 242 Å². The number of carboxylic acid groups (broad SMARTS) is 1. The summed E-state index contributed by atoms with van der Waals surface area (Å²) in [6.07, 6.45) is 16.5. The number of hydrogen-bond donors (Lipinski definition) is 1. The Morgan fingerprint density at radius 3 is 2.17 bits per heavy atom. The summed E-state index contributed by atoms with van der Waals surface area (Å²) < 4.78 is 20.2. The summed E-state index contributed by atoms with van der Waals surface area (Å²) in [5.74, 6) is 0.718. The second-order valence-corrected chi connectivity index (χ2v) is 12.1. The number of aryl methyl sites for hydroxylation is 1. The Morgan fingerprint density at radius 2 is 1.55 bits per heavy atom. The maximum Gasteiger partial charge on any atom is 0.338 e. The number of carbonyl (C=O) groups is 1. The molecule has 0 aromatic heterocycles. The number of aliphatic carboxylic acids is 1. The van der Waals surface area contributed by atoms with Gasteiger partial charge in [-0.15, -0.1) is 0 Å². The zero-order valence-electron chi connectivity index (χ0n) is 25.1. The van der Waals surface area contributed by atoms with Gasteiger partial charge in [0.1, 0.15) is 5.75 Å². The number of ether oxygens (including phenoxy) is 1. The maximum absolute atomic E-state index is 13.8. The third kappa shape index (κ3) is 10.9. The molecule has 222 valence electrons. The number of unbranched alkanes of at least 4 members (excludes halogenated alkanes) is 8. The van der Waals surface area contributed by atoms with Gasteiger partial charge in [-0.3, -0.25) is 0 Å². The number of hydrogen-bond acceptors (Lipinski definition) is 2. The third-order valence-corrected chi connectivity index (χ3v) is 9.06. The fourth-order valence-corrected chi connectivity index (χ4v) is 6.49. The first-order valence-electron chi connectivity index (χ1n) is 16.2. The summed E-state index contributed by atoms with van der Waals surface area (Å²) in [5, 5.41) is 8.97. The van der Waals surface area contributed by atoms with Crippen LogP contribution in [0.1, 0.15) is 116 Å². The van der Waals surface area contributed by atoms with Crippen LogP contribution >= 0.6 is 0 Å². The van der Waals surface area contributed by atoms with Crippen LogP contribution in [0.2, 0.25) is 0 Å². The molecule has 0 spiro atoms. The van der Waals surface area contributed by atoms with Crippen LogP contribution in [-0.2, 0) is 11.2 Å². The SMILES string of the molecule is CCCCCCCCCCCc1cc(OCC2CCC(C(CC)C[C@H](F)C(=O)O)CC2)ccc1-c1ccccc1. The van der Waals surface area contributed by atoms with Crippen LogP contribution in [0.15, 0.2) is 48.5 Å². The fourth-order valence-electron chi connectivity index (χ4n) is 6.49. The highest BCUT2D eigenvalue weighted by molar-refractivity contribution is 5.72. The zero-order chi connectivity index (χ0) is 28.6. The Hall–Kier alpha value is -2.36. The molecule has 0 aliphatic heterocycles. The second kappa shape index (κ2) is 18.1. The summed E-state index contributed by atoms with van der Waals surface area (Å²) in [7, 11) is 0. The number of benzene rings is 2. The molecule has 1 N–H and O–H groups in total. The van der Waals surface area contributed by atoms with Crippen molar-refractivity contribution in [3.63, 3.8) is 0 Å². The van der Waals surface area contributed by atoms with Gasteiger partial charge in [0.15, 0.2) is 6.17 Å². The lowest BCUT2D eigenvalue weighted by Gasteiger charge is -2.33. The largest absolute Gasteiger partial charge is 0.493 e. The van der Waals surface area contributed by atoms with Crippen molar-refractivity contribution in [2.75, 3.05) is 6.61 Å². The molecule has 2 aromatic carbocycles. The molecule has 1 aliphatic carbocycles. The molecule has 3 nitrogen and oxygen atoms in total. The topological polar surface area (TPSA) is 46.5 Å². The minimum absolute atomic E-state index is 0.146. The number of carboxylic acids is 1. The van der Waals surface area contributed by atoms with Crippen LogP contribution in [0.25, 0.3) is 11.1 Å². The molecule has 1 aliphatic rings. The molecule has 1 saturated carbocycles. The second-order valence-electron chi connectivity index (χ2n) is 12.1. The molecule has 2 atom stereocenters. The number of halogens is 1. The Morgan fingerprint density at radius 1 is 0.900 bits per heavy atom. The van der Waals surface area contributed by atoms with Gasteiger partial charge in [-0.2, -0.15) is 0 Å². The Kier molecular flexibility index (Phi) is 14.6. The minimum atomic E-state index is -1.74. The van der Waals surface area contributed by atoms with Gasteiger partial charge in [-0.25, -0.2) is 9.18 Å². The van der Waals surface area contributed by atoms with Crippen molar-refractivity contribution >= 4 is 5.97 Å². The lowest BCUT2D eigenvalue weighted by atomic mass is 9.73. The van der Waals surface area contributed by atoms with Crippen molar-refractivity contribution in [1.82, 2.24) is 0 Å². The van der Waals surface area contributed by atoms with Gasteiger partial charge >= 0.3 is 5.97 Å². The monoisotopic (exact) mass is 552 g/mol. The van der Waals surface area contributed by atoms with E-state index in [4.69, 9.17) is 9.84 Å². The van der Waals surface area contributed by atoms with Crippen molar-refractivity contribution in [3.05, 3.63) is 54.1 Å². The van der Waals surface area contributed by atoms with Crippen molar-refractivity contribution in [2.45, 2.75) is 123 Å². The van der Waals surface area contributed by atoms with Crippen LogP contribution in [0.3, 0.4) is 0 Å². The van der Waals surface area contributed by atoms with E-state index >= 15 is 0 Å². The predicted octanol–water partition coefficient (Wildman–Crippen LogP) is 10.5. The first-order valence-corrected chi connectivity index (χ1v) is 16.2. The normalized spacial score (nSPS) is 18.8. The van der Waals surface area contributed by atoms with Crippen molar-refractivity contribution in [2.24, 2.45) is 17.8 Å². The van der Waals surface area contributed by atoms with E-state index in [2.05, 4.69) is 62.4 Å². The van der Waals surface area contributed by atoms with Crippen LogP contribution in [-0.4, -0.2) is 23.9 Å². The smallest absolute Gasteiger partial charge is 0.338 e. The minimum Gasteiger partial charge on any atom is -0.493 e. The third-order valence-electron chi connectivity index (χ3n) is 9.06. The standard InChI is InChI=1S/C36H53FO3/c1-3-5-6-7-8-9-10-11-13-18-32-25-33(23-24-34(32)31-16-14-12-15-17-31)40-27-28-19-21-30(22-20-28)29(4-2)26-35(37)36(38)39/h12,14-17,23-25,28-30,35H,3-11,13,18-22,26-27H2,1-2H3,(H,38,39)/t28?,29?,30?,35-/m0/s1. The summed E-state index contributed by atoms with van der Waals surface area (Å²) >= 11 is 0. The number of alkyl halides is 1. The van der Waals surface area contributed by atoms with Gasteiger partial charge in [0.25, 0.3) is 0 Å². The highest BCUT2D eigenvalue weighted by Crippen LogP contribution is 2.38. The summed E-state index contributed by atoms with van der Waals surface area (Å²) in [6, 6.07) is 17.3. The van der Waals surface area contributed by atoms with E-state index in [-0.39, 0.29) is 12.3 Å². The van der Waals surface area contributed by atoms with Gasteiger partial charge in [-0.1, -0.05) is 108 Å². The molecule has 1 fully saturated rings. The lowest BCUT2D eigenvalue weighted by molar-refractivity contribution is -0.143. The van der Waals surface area contributed by atoms with Gasteiger partial charge in [0.2, 0.25) is 0 Å². The zero-order valence-corrected chi connectivity index (χ0v) is 25.1. The highest BCUT2D eigenvalue weighted by atomic mass is 19.1. The van der Waals surface area contributed by atoms with E-state index in [0.717, 1.165) is 44.3 Å². The molecule has 0 amide bonds. The molecule has 0 bridgehead atoms. The molecule has 0 heterocycles. The average molecular weight is 553 g/mol. The summed E-state index contributed by atoms with van der Waals surface area (Å²) in [6.45, 7) is 5.04. The molecule has 3 rings (SSSR count). The maximum atomic E-state index is 13.8. The highest BCUT2D eigenvalue weighted by Gasteiger charge is 2.30. The quantitative estimate of drug-likeness (QED) is 0.176. The summed E-state index contributed by atoms with van der Waals surface area (Å²) in [4.78, 5) is 11.0. The molecule has 1 unspecified atom stereocenters. The molecular weight excluding hydrogens is 499 g/mol. The first kappa shape index (κ1) is 32.2. The molecule has 0 radical (unpaired) electrons. The van der Waals surface area contributed by atoms with E-state index in [1.54, 1.807) is 0 Å². The van der Waals surface area contributed by atoms with E-state index in [9.17, 15) is 9.18 Å². The van der Waals surface area contributed by atoms with E-state index in [0.29, 0.717) is 18.4 Å². The van der Waals surface area contributed by atoms with Crippen molar-refractivity contribution in [3.8, 4) is 16.9 Å². The first-order chi connectivity index (χ1) is 19.5. The lowest BCUT2D eigenvalue weighted by Crippen LogP contribution is -2.28. The van der Waals surface area contributed by atoms with Gasteiger partial charge in [0, 0.05) is 0 Å². The fraction of sp³-hybridized carbons (Fsp3) is 0.639. The van der Waals surface area contributed by atoms with Crippen LogP contribution in [0.5, 0.6) is 5.75 Å². The molecule has 0 saturated heterocycles. The predicted molar refractivity (Wildman–Crippen MR) is 165 cm³/mol. The van der Waals surface area contributed by atoms with Gasteiger partial charge < -0.3 is 9.84 Å². The van der Waals surface area contributed by atoms with Crippen LogP contribution in [0.4, 0.5) is 4.39 Å². The molecule has 40 heavy (non-hydrogen) atoms.